The van der Waals surface area contributed by atoms with Gasteiger partial charge < -0.3 is 19.3 Å². The highest BCUT2D eigenvalue weighted by atomic mass is 35.5. The molecule has 4 rings (SSSR count). The number of aliphatic hydroxyl groups is 1. The summed E-state index contributed by atoms with van der Waals surface area (Å²) in [5, 5.41) is 11.7. The normalized spacial score (nSPS) is 18.8. The maximum Gasteiger partial charge on any atom is 0.163 e. The predicted molar refractivity (Wildman–Crippen MR) is 132 cm³/mol. The fraction of sp³-hybridized carbons (Fsp3) is 0.286. The van der Waals surface area contributed by atoms with Gasteiger partial charge in [0.2, 0.25) is 0 Å². The molecule has 0 spiro atoms. The van der Waals surface area contributed by atoms with Gasteiger partial charge in [-0.1, -0.05) is 72.3 Å². The molecule has 1 fully saturated rings. The summed E-state index contributed by atoms with van der Waals surface area (Å²) in [6, 6.07) is 25.4. The third-order valence-electron chi connectivity index (χ3n) is 5.54. The fourth-order valence-electron chi connectivity index (χ4n) is 3.82. The number of ether oxygens (including phenoxy) is 3. The van der Waals surface area contributed by atoms with Crippen molar-refractivity contribution in [3.8, 4) is 5.75 Å². The third-order valence-corrected chi connectivity index (χ3v) is 5.79. The molecule has 172 valence electrons. The Morgan fingerprint density at radius 2 is 1.76 bits per heavy atom. The van der Waals surface area contributed by atoms with Gasteiger partial charge in [0.1, 0.15) is 18.5 Å². The average molecular weight is 465 g/mol. The van der Waals surface area contributed by atoms with E-state index in [9.17, 15) is 5.11 Å². The summed E-state index contributed by atoms with van der Waals surface area (Å²) in [6.07, 6.45) is 1.84. The minimum absolute atomic E-state index is 0.0864. The van der Waals surface area contributed by atoms with Crippen molar-refractivity contribution in [2.24, 2.45) is 0 Å². The Hall–Kier alpha value is -2.63. The van der Waals surface area contributed by atoms with Gasteiger partial charge >= 0.3 is 0 Å². The zero-order chi connectivity index (χ0) is 23.3. The van der Waals surface area contributed by atoms with Crippen molar-refractivity contribution in [3.05, 3.63) is 101 Å². The molecule has 1 aliphatic rings. The van der Waals surface area contributed by atoms with Crippen LogP contribution in [0.4, 0.5) is 0 Å². The van der Waals surface area contributed by atoms with Crippen LogP contribution >= 0.6 is 11.6 Å². The number of benzene rings is 3. The van der Waals surface area contributed by atoms with Crippen molar-refractivity contribution in [2.75, 3.05) is 13.2 Å². The molecule has 0 amide bonds. The Balaban J connectivity index is 1.43. The summed E-state index contributed by atoms with van der Waals surface area (Å²) in [7, 11) is 0. The van der Waals surface area contributed by atoms with E-state index in [2.05, 4.69) is 18.2 Å². The van der Waals surface area contributed by atoms with Crippen LogP contribution in [0.3, 0.4) is 0 Å². The minimum atomic E-state index is -0.648. The summed E-state index contributed by atoms with van der Waals surface area (Å²) in [5.74, 6) is 0.178. The molecule has 33 heavy (non-hydrogen) atoms. The van der Waals surface area contributed by atoms with Crippen molar-refractivity contribution in [1.29, 1.82) is 0 Å². The highest BCUT2D eigenvalue weighted by Gasteiger charge is 2.32. The molecule has 4 nitrogen and oxygen atoms in total. The molecular formula is C28H29ClO4. The summed E-state index contributed by atoms with van der Waals surface area (Å²) >= 11 is 6.03. The van der Waals surface area contributed by atoms with E-state index < -0.39 is 11.9 Å². The highest BCUT2D eigenvalue weighted by molar-refractivity contribution is 6.30. The van der Waals surface area contributed by atoms with Crippen LogP contribution in [0.15, 0.2) is 78.9 Å². The summed E-state index contributed by atoms with van der Waals surface area (Å²) < 4.78 is 17.2. The van der Waals surface area contributed by atoms with E-state index in [0.29, 0.717) is 24.7 Å². The minimum Gasteiger partial charge on any atom is -0.491 e. The van der Waals surface area contributed by atoms with Crippen LogP contribution in [0, 0.1) is 0 Å². The first-order valence-corrected chi connectivity index (χ1v) is 11.5. The standard InChI is InChI=1S/C28H29ClO4/c1-28(2)32-19-26(33-28)18-31-25-14-10-22(11-15-25)27(30)17-23(21-6-4-3-5-7-21)16-20-8-12-24(29)13-9-20/h3-16,26-27,30H,17-19H2,1-2H3. The van der Waals surface area contributed by atoms with Gasteiger partial charge in [-0.3, -0.25) is 0 Å². The number of aliphatic hydroxyl groups excluding tert-OH is 1. The largest absolute Gasteiger partial charge is 0.491 e. The van der Waals surface area contributed by atoms with Gasteiger partial charge in [0, 0.05) is 11.4 Å². The molecular weight excluding hydrogens is 436 g/mol. The smallest absolute Gasteiger partial charge is 0.163 e. The molecule has 2 unspecified atom stereocenters. The molecule has 0 radical (unpaired) electrons. The van der Waals surface area contributed by atoms with Crippen LogP contribution in [0.5, 0.6) is 5.75 Å². The van der Waals surface area contributed by atoms with Crippen LogP contribution < -0.4 is 4.74 Å². The fourth-order valence-corrected chi connectivity index (χ4v) is 3.95. The molecule has 5 heteroatoms. The van der Waals surface area contributed by atoms with E-state index in [1.165, 1.54) is 0 Å². The van der Waals surface area contributed by atoms with E-state index in [-0.39, 0.29) is 6.10 Å². The first-order valence-electron chi connectivity index (χ1n) is 11.1. The van der Waals surface area contributed by atoms with E-state index in [0.717, 1.165) is 28.0 Å². The maximum absolute atomic E-state index is 11.0. The lowest BCUT2D eigenvalue weighted by Crippen LogP contribution is -2.25. The monoisotopic (exact) mass is 464 g/mol. The Morgan fingerprint density at radius 3 is 2.39 bits per heavy atom. The SMILES string of the molecule is CC1(C)OCC(COc2ccc(C(O)CC(=Cc3ccc(Cl)cc3)c3ccccc3)cc2)O1. The number of hydrogen-bond donors (Lipinski definition) is 1. The van der Waals surface area contributed by atoms with Gasteiger partial charge in [-0.05, 0) is 60.4 Å². The van der Waals surface area contributed by atoms with Crippen LogP contribution in [0.25, 0.3) is 11.6 Å². The van der Waals surface area contributed by atoms with Crippen LogP contribution in [-0.4, -0.2) is 30.2 Å². The van der Waals surface area contributed by atoms with Gasteiger partial charge in [0.25, 0.3) is 0 Å². The topological polar surface area (TPSA) is 47.9 Å². The van der Waals surface area contributed by atoms with Gasteiger partial charge in [-0.25, -0.2) is 0 Å². The van der Waals surface area contributed by atoms with Crippen molar-refractivity contribution in [2.45, 2.75) is 38.3 Å². The van der Waals surface area contributed by atoms with Crippen molar-refractivity contribution >= 4 is 23.3 Å². The van der Waals surface area contributed by atoms with E-state index in [1.807, 2.05) is 80.6 Å². The number of rotatable bonds is 8. The zero-order valence-electron chi connectivity index (χ0n) is 18.9. The Morgan fingerprint density at radius 1 is 1.06 bits per heavy atom. The van der Waals surface area contributed by atoms with Crippen molar-refractivity contribution in [3.63, 3.8) is 0 Å². The summed E-state index contributed by atoms with van der Waals surface area (Å²) in [5.41, 5.74) is 4.00. The van der Waals surface area contributed by atoms with Crippen LogP contribution in [0.2, 0.25) is 5.02 Å². The van der Waals surface area contributed by atoms with Crippen LogP contribution in [-0.2, 0) is 9.47 Å². The second-order valence-electron chi connectivity index (χ2n) is 8.64. The lowest BCUT2D eigenvalue weighted by molar-refractivity contribution is -0.141. The highest BCUT2D eigenvalue weighted by Crippen LogP contribution is 2.31. The number of hydrogen-bond acceptors (Lipinski definition) is 4. The van der Waals surface area contributed by atoms with E-state index in [1.54, 1.807) is 0 Å². The molecule has 1 N–H and O–H groups in total. The molecule has 0 saturated carbocycles. The van der Waals surface area contributed by atoms with E-state index in [4.69, 9.17) is 25.8 Å². The van der Waals surface area contributed by atoms with E-state index >= 15 is 0 Å². The number of halogens is 1. The molecule has 2 atom stereocenters. The average Bonchev–Trinajstić information content (AvgIpc) is 3.18. The lowest BCUT2D eigenvalue weighted by atomic mass is 9.94. The molecule has 0 bridgehead atoms. The summed E-state index contributed by atoms with van der Waals surface area (Å²) in [6.45, 7) is 4.74. The van der Waals surface area contributed by atoms with Crippen molar-refractivity contribution in [1.82, 2.24) is 0 Å². The van der Waals surface area contributed by atoms with Gasteiger partial charge in [0.05, 0.1) is 12.7 Å². The second kappa shape index (κ2) is 10.5. The molecule has 1 heterocycles. The molecule has 1 saturated heterocycles. The summed E-state index contributed by atoms with van der Waals surface area (Å²) in [4.78, 5) is 0. The Kier molecular flexibility index (Phi) is 7.51. The van der Waals surface area contributed by atoms with Gasteiger partial charge in [-0.2, -0.15) is 0 Å². The molecule has 3 aromatic rings. The quantitative estimate of drug-likeness (QED) is 0.385. The Bertz CT molecular complexity index is 1060. The lowest BCUT2D eigenvalue weighted by Gasteiger charge is -2.18. The molecule has 0 aliphatic carbocycles. The van der Waals surface area contributed by atoms with Gasteiger partial charge in [-0.15, -0.1) is 0 Å². The molecule has 0 aromatic heterocycles. The maximum atomic E-state index is 11.0. The second-order valence-corrected chi connectivity index (χ2v) is 9.07. The predicted octanol–water partition coefficient (Wildman–Crippen LogP) is 6.53. The molecule has 3 aromatic carbocycles. The van der Waals surface area contributed by atoms with Crippen LogP contribution in [0.1, 0.15) is 43.1 Å². The zero-order valence-corrected chi connectivity index (χ0v) is 19.7. The molecule has 1 aliphatic heterocycles. The third kappa shape index (κ3) is 6.68. The first-order chi connectivity index (χ1) is 15.9. The van der Waals surface area contributed by atoms with Crippen molar-refractivity contribution < 1.29 is 19.3 Å². The first kappa shape index (κ1) is 23.5. The van der Waals surface area contributed by atoms with Gasteiger partial charge in [0.15, 0.2) is 5.79 Å². The Labute approximate surface area is 200 Å².